The van der Waals surface area contributed by atoms with Gasteiger partial charge in [0.2, 0.25) is 5.91 Å². The average molecular weight is 440 g/mol. The molecule has 2 amide bonds. The molecule has 1 heterocycles. The molecule has 1 unspecified atom stereocenters. The fourth-order valence-corrected chi connectivity index (χ4v) is 4.37. The summed E-state index contributed by atoms with van der Waals surface area (Å²) in [6.45, 7) is 1.84. The standard InChI is InChI=1S/C28H29N3O2/c32-27(30-26(28(33)29-24-12-13-24)18-20-6-2-1-3-7-20)22-10-14-25(15-11-22)31-17-16-21-8-4-5-9-23(21)19-31/h1-11,14-15,24,26H,12-13,16-19H2,(H,29,33)(H,30,32). The molecule has 1 atom stereocenters. The predicted octanol–water partition coefficient (Wildman–Crippen LogP) is 3.87. The molecule has 168 valence electrons. The minimum Gasteiger partial charge on any atom is -0.367 e. The highest BCUT2D eigenvalue weighted by Crippen LogP contribution is 2.25. The van der Waals surface area contributed by atoms with Crippen LogP contribution in [0.2, 0.25) is 0 Å². The maximum Gasteiger partial charge on any atom is 0.251 e. The summed E-state index contributed by atoms with van der Waals surface area (Å²) in [6, 6.07) is 25.7. The van der Waals surface area contributed by atoms with Crippen molar-refractivity contribution >= 4 is 17.5 Å². The van der Waals surface area contributed by atoms with Crippen molar-refractivity contribution < 1.29 is 9.59 Å². The highest BCUT2D eigenvalue weighted by atomic mass is 16.2. The summed E-state index contributed by atoms with van der Waals surface area (Å²) in [6.07, 6.45) is 3.52. The number of anilines is 1. The number of benzene rings is 3. The Bertz CT molecular complexity index is 1120. The molecule has 5 heteroatoms. The Morgan fingerprint density at radius 2 is 1.58 bits per heavy atom. The van der Waals surface area contributed by atoms with Gasteiger partial charge in [-0.1, -0.05) is 54.6 Å². The number of rotatable bonds is 7. The third-order valence-electron chi connectivity index (χ3n) is 6.45. The van der Waals surface area contributed by atoms with E-state index in [9.17, 15) is 9.59 Å². The van der Waals surface area contributed by atoms with Gasteiger partial charge in [0.1, 0.15) is 6.04 Å². The van der Waals surface area contributed by atoms with E-state index in [2.05, 4.69) is 39.8 Å². The minimum atomic E-state index is -0.598. The molecule has 5 nitrogen and oxygen atoms in total. The molecule has 1 aliphatic carbocycles. The average Bonchev–Trinajstić information content (AvgIpc) is 3.68. The Morgan fingerprint density at radius 3 is 2.30 bits per heavy atom. The second-order valence-electron chi connectivity index (χ2n) is 8.99. The van der Waals surface area contributed by atoms with E-state index in [4.69, 9.17) is 0 Å². The molecule has 3 aromatic carbocycles. The van der Waals surface area contributed by atoms with Gasteiger partial charge in [0.25, 0.3) is 5.91 Å². The van der Waals surface area contributed by atoms with Crippen LogP contribution in [-0.4, -0.2) is 30.4 Å². The van der Waals surface area contributed by atoms with E-state index in [1.54, 1.807) is 0 Å². The molecular formula is C28H29N3O2. The van der Waals surface area contributed by atoms with Crippen molar-refractivity contribution in [3.05, 3.63) is 101 Å². The lowest BCUT2D eigenvalue weighted by molar-refractivity contribution is -0.123. The first-order valence-electron chi connectivity index (χ1n) is 11.7. The third-order valence-corrected chi connectivity index (χ3v) is 6.45. The molecule has 3 aromatic rings. The van der Waals surface area contributed by atoms with E-state index in [0.717, 1.165) is 43.6 Å². The topological polar surface area (TPSA) is 61.4 Å². The largest absolute Gasteiger partial charge is 0.367 e. The van der Waals surface area contributed by atoms with E-state index in [0.29, 0.717) is 12.0 Å². The maximum absolute atomic E-state index is 13.0. The number of nitrogens with zero attached hydrogens (tertiary/aromatic N) is 1. The first-order chi connectivity index (χ1) is 16.2. The van der Waals surface area contributed by atoms with Gasteiger partial charge in [-0.05, 0) is 60.2 Å². The summed E-state index contributed by atoms with van der Waals surface area (Å²) in [5.74, 6) is -0.337. The van der Waals surface area contributed by atoms with Crippen molar-refractivity contribution in [1.29, 1.82) is 0 Å². The first-order valence-corrected chi connectivity index (χ1v) is 11.7. The lowest BCUT2D eigenvalue weighted by atomic mass is 9.99. The molecule has 0 radical (unpaired) electrons. The van der Waals surface area contributed by atoms with Gasteiger partial charge in [-0.2, -0.15) is 0 Å². The number of carbonyl (C=O) groups is 2. The van der Waals surface area contributed by atoms with Gasteiger partial charge in [-0.25, -0.2) is 0 Å². The number of fused-ring (bicyclic) bond motifs is 1. The Morgan fingerprint density at radius 1 is 0.879 bits per heavy atom. The van der Waals surface area contributed by atoms with Crippen molar-refractivity contribution in [2.75, 3.05) is 11.4 Å². The van der Waals surface area contributed by atoms with Crippen molar-refractivity contribution in [3.8, 4) is 0 Å². The quantitative estimate of drug-likeness (QED) is 0.588. The first kappa shape index (κ1) is 21.3. The summed E-state index contributed by atoms with van der Waals surface area (Å²) in [5.41, 5.74) is 5.46. The van der Waals surface area contributed by atoms with Crippen molar-refractivity contribution in [2.45, 2.75) is 44.3 Å². The third kappa shape index (κ3) is 5.25. The van der Waals surface area contributed by atoms with E-state index >= 15 is 0 Å². The van der Waals surface area contributed by atoms with Crippen LogP contribution in [0.3, 0.4) is 0 Å². The monoisotopic (exact) mass is 439 g/mol. The van der Waals surface area contributed by atoms with Gasteiger partial charge < -0.3 is 15.5 Å². The summed E-state index contributed by atoms with van der Waals surface area (Å²) in [4.78, 5) is 28.1. The highest BCUT2D eigenvalue weighted by Gasteiger charge is 2.29. The second kappa shape index (κ2) is 9.49. The normalized spacial score (nSPS) is 15.9. The Labute approximate surface area is 194 Å². The van der Waals surface area contributed by atoms with Gasteiger partial charge in [0.15, 0.2) is 0 Å². The van der Waals surface area contributed by atoms with E-state index < -0.39 is 6.04 Å². The molecular weight excluding hydrogens is 410 g/mol. The fourth-order valence-electron chi connectivity index (χ4n) is 4.37. The van der Waals surface area contributed by atoms with Crippen LogP contribution < -0.4 is 15.5 Å². The van der Waals surface area contributed by atoms with Crippen LogP contribution in [0, 0.1) is 0 Å². The van der Waals surface area contributed by atoms with E-state index in [1.165, 1.54) is 11.1 Å². The van der Waals surface area contributed by atoms with Crippen LogP contribution in [0.5, 0.6) is 0 Å². The fraction of sp³-hybridized carbons (Fsp3) is 0.286. The van der Waals surface area contributed by atoms with Gasteiger partial charge >= 0.3 is 0 Å². The lowest BCUT2D eigenvalue weighted by Gasteiger charge is -2.30. The zero-order chi connectivity index (χ0) is 22.6. The van der Waals surface area contributed by atoms with Gasteiger partial charge in [-0.15, -0.1) is 0 Å². The second-order valence-corrected chi connectivity index (χ2v) is 8.99. The number of hydrogen-bond donors (Lipinski definition) is 2. The number of hydrogen-bond acceptors (Lipinski definition) is 3. The molecule has 2 aliphatic rings. The zero-order valence-corrected chi connectivity index (χ0v) is 18.7. The van der Waals surface area contributed by atoms with Crippen LogP contribution in [0.1, 0.15) is 39.9 Å². The summed E-state index contributed by atoms with van der Waals surface area (Å²) < 4.78 is 0. The van der Waals surface area contributed by atoms with Crippen LogP contribution in [-0.2, 0) is 24.2 Å². The molecule has 33 heavy (non-hydrogen) atoms. The molecule has 5 rings (SSSR count). The van der Waals surface area contributed by atoms with Crippen LogP contribution >= 0.6 is 0 Å². The van der Waals surface area contributed by atoms with Crippen LogP contribution in [0.4, 0.5) is 5.69 Å². The van der Waals surface area contributed by atoms with Crippen molar-refractivity contribution in [2.24, 2.45) is 0 Å². The molecule has 0 spiro atoms. The van der Waals surface area contributed by atoms with E-state index in [-0.39, 0.29) is 17.9 Å². The zero-order valence-electron chi connectivity index (χ0n) is 18.7. The Hall–Kier alpha value is -3.60. The Kier molecular flexibility index (Phi) is 6.11. The number of amides is 2. The molecule has 0 aromatic heterocycles. The maximum atomic E-state index is 13.0. The smallest absolute Gasteiger partial charge is 0.251 e. The van der Waals surface area contributed by atoms with Crippen molar-refractivity contribution in [3.63, 3.8) is 0 Å². The van der Waals surface area contributed by atoms with Gasteiger partial charge in [0.05, 0.1) is 0 Å². The highest BCUT2D eigenvalue weighted by molar-refractivity contribution is 5.98. The van der Waals surface area contributed by atoms with Crippen LogP contribution in [0.15, 0.2) is 78.9 Å². The number of carbonyl (C=O) groups excluding carboxylic acids is 2. The number of nitrogens with one attached hydrogen (secondary N) is 2. The predicted molar refractivity (Wildman–Crippen MR) is 130 cm³/mol. The van der Waals surface area contributed by atoms with Gasteiger partial charge in [-0.3, -0.25) is 9.59 Å². The minimum absolute atomic E-state index is 0.113. The molecule has 1 fully saturated rings. The Balaban J connectivity index is 1.26. The summed E-state index contributed by atoms with van der Waals surface area (Å²) in [7, 11) is 0. The summed E-state index contributed by atoms with van der Waals surface area (Å²) in [5, 5.41) is 5.99. The molecule has 0 saturated heterocycles. The van der Waals surface area contributed by atoms with Gasteiger partial charge in [0, 0.05) is 36.8 Å². The molecule has 2 N–H and O–H groups in total. The lowest BCUT2D eigenvalue weighted by Crippen LogP contribution is -2.48. The SMILES string of the molecule is O=C(NC(Cc1ccccc1)C(=O)NC1CC1)c1ccc(N2CCc3ccccc3C2)cc1. The van der Waals surface area contributed by atoms with E-state index in [1.807, 2.05) is 54.6 Å². The van der Waals surface area contributed by atoms with Crippen molar-refractivity contribution in [1.82, 2.24) is 10.6 Å². The van der Waals surface area contributed by atoms with Crippen LogP contribution in [0.25, 0.3) is 0 Å². The summed E-state index contributed by atoms with van der Waals surface area (Å²) >= 11 is 0. The molecule has 0 bridgehead atoms. The molecule has 1 aliphatic heterocycles. The molecule has 1 saturated carbocycles.